The van der Waals surface area contributed by atoms with Crippen molar-refractivity contribution in [2.75, 3.05) is 0 Å². The van der Waals surface area contributed by atoms with Gasteiger partial charge in [0.05, 0.1) is 24.2 Å². The van der Waals surface area contributed by atoms with E-state index in [0.29, 0.717) is 6.54 Å². The van der Waals surface area contributed by atoms with Crippen molar-refractivity contribution in [1.82, 2.24) is 14.7 Å². The highest BCUT2D eigenvalue weighted by Gasteiger charge is 2.46. The third-order valence-corrected chi connectivity index (χ3v) is 5.55. The van der Waals surface area contributed by atoms with E-state index in [9.17, 15) is 14.7 Å². The molecule has 1 aliphatic rings. The molecule has 2 aromatic heterocycles. The van der Waals surface area contributed by atoms with Crippen molar-refractivity contribution in [1.29, 1.82) is 0 Å². The van der Waals surface area contributed by atoms with Crippen LogP contribution in [-0.4, -0.2) is 31.7 Å². The molecule has 1 aliphatic heterocycles. The Kier molecular flexibility index (Phi) is 4.45. The number of thiophene rings is 1. The molecule has 3 heterocycles. The van der Waals surface area contributed by atoms with Crippen molar-refractivity contribution in [2.45, 2.75) is 46.3 Å². The maximum Gasteiger partial charge on any atom is 0.309 e. The van der Waals surface area contributed by atoms with Crippen molar-refractivity contribution < 1.29 is 14.7 Å². The molecule has 24 heavy (non-hydrogen) atoms. The Bertz CT molecular complexity index is 766. The van der Waals surface area contributed by atoms with Gasteiger partial charge in [-0.15, -0.1) is 11.3 Å². The second-order valence-electron chi connectivity index (χ2n) is 6.09. The normalized spacial score (nSPS) is 20.8. The number of aliphatic carboxylic acids is 1. The van der Waals surface area contributed by atoms with E-state index in [0.717, 1.165) is 28.4 Å². The van der Waals surface area contributed by atoms with Crippen LogP contribution in [0.4, 0.5) is 0 Å². The summed E-state index contributed by atoms with van der Waals surface area (Å²) >= 11 is 1.57. The first-order valence-electron chi connectivity index (χ1n) is 8.02. The molecule has 6 nitrogen and oxygen atoms in total. The number of rotatable bonds is 5. The maximum absolute atomic E-state index is 12.5. The van der Waals surface area contributed by atoms with Gasteiger partial charge in [-0.2, -0.15) is 5.10 Å². The third kappa shape index (κ3) is 2.73. The average molecular weight is 347 g/mol. The summed E-state index contributed by atoms with van der Waals surface area (Å²) in [7, 11) is 0. The lowest BCUT2D eigenvalue weighted by Gasteiger charge is -2.27. The van der Waals surface area contributed by atoms with E-state index in [-0.39, 0.29) is 12.3 Å². The third-order valence-electron chi connectivity index (χ3n) is 4.69. The van der Waals surface area contributed by atoms with Crippen LogP contribution in [0.1, 0.15) is 41.2 Å². The van der Waals surface area contributed by atoms with Crippen LogP contribution in [-0.2, 0) is 22.7 Å². The van der Waals surface area contributed by atoms with Crippen LogP contribution in [0, 0.1) is 19.8 Å². The fourth-order valence-corrected chi connectivity index (χ4v) is 4.28. The van der Waals surface area contributed by atoms with Gasteiger partial charge in [0.1, 0.15) is 0 Å². The monoisotopic (exact) mass is 347 g/mol. The van der Waals surface area contributed by atoms with Gasteiger partial charge in [0.2, 0.25) is 5.91 Å². The molecule has 0 aromatic carbocycles. The first kappa shape index (κ1) is 16.7. The Hall–Kier alpha value is -2.15. The van der Waals surface area contributed by atoms with E-state index in [4.69, 9.17) is 0 Å². The average Bonchev–Trinajstić information content (AvgIpc) is 3.21. The van der Waals surface area contributed by atoms with Crippen LogP contribution in [0.2, 0.25) is 0 Å². The van der Waals surface area contributed by atoms with E-state index >= 15 is 0 Å². The molecule has 1 N–H and O–H groups in total. The first-order valence-corrected chi connectivity index (χ1v) is 8.90. The van der Waals surface area contributed by atoms with E-state index in [1.807, 2.05) is 43.0 Å². The summed E-state index contributed by atoms with van der Waals surface area (Å²) in [5.41, 5.74) is 2.63. The largest absolute Gasteiger partial charge is 0.481 e. The van der Waals surface area contributed by atoms with Gasteiger partial charge in [-0.05, 0) is 32.2 Å². The molecule has 7 heteroatoms. The summed E-state index contributed by atoms with van der Waals surface area (Å²) in [4.78, 5) is 27.1. The van der Waals surface area contributed by atoms with Crippen LogP contribution in [0.15, 0.2) is 17.5 Å². The number of carbonyl (C=O) groups excluding carboxylic acids is 1. The SMILES string of the molecule is CCn1nc(C)c([C@@H]2[C@H](C(=O)O)CC(=O)N2Cc2cccs2)c1C. The highest BCUT2D eigenvalue weighted by molar-refractivity contribution is 7.09. The summed E-state index contributed by atoms with van der Waals surface area (Å²) in [5, 5.41) is 16.1. The Balaban J connectivity index is 2.06. The Morgan fingerprint density at radius 3 is 2.75 bits per heavy atom. The topological polar surface area (TPSA) is 75.4 Å². The Labute approximate surface area is 144 Å². The molecule has 2 aromatic rings. The van der Waals surface area contributed by atoms with Crippen LogP contribution >= 0.6 is 11.3 Å². The summed E-state index contributed by atoms with van der Waals surface area (Å²) in [6, 6.07) is 3.45. The zero-order valence-corrected chi connectivity index (χ0v) is 14.8. The number of likely N-dealkylation sites (tertiary alicyclic amines) is 1. The number of carboxylic acids is 1. The number of aromatic nitrogens is 2. The van der Waals surface area contributed by atoms with Crippen molar-refractivity contribution in [3.63, 3.8) is 0 Å². The number of carbonyl (C=O) groups is 2. The zero-order valence-electron chi connectivity index (χ0n) is 14.0. The summed E-state index contributed by atoms with van der Waals surface area (Å²) in [6.07, 6.45) is 0.0432. The van der Waals surface area contributed by atoms with Crippen molar-refractivity contribution in [3.8, 4) is 0 Å². The Morgan fingerprint density at radius 2 is 2.21 bits per heavy atom. The minimum absolute atomic E-state index is 0.0432. The molecular formula is C17H21N3O3S. The molecular weight excluding hydrogens is 326 g/mol. The summed E-state index contributed by atoms with van der Waals surface area (Å²) < 4.78 is 1.87. The zero-order chi connectivity index (χ0) is 17.4. The molecule has 0 radical (unpaired) electrons. The molecule has 0 aliphatic carbocycles. The van der Waals surface area contributed by atoms with Gasteiger partial charge in [-0.25, -0.2) is 0 Å². The molecule has 128 valence electrons. The Morgan fingerprint density at radius 1 is 1.46 bits per heavy atom. The van der Waals surface area contributed by atoms with Gasteiger partial charge in [0.25, 0.3) is 0 Å². The summed E-state index contributed by atoms with van der Waals surface area (Å²) in [5.74, 6) is -1.77. The number of hydrogen-bond donors (Lipinski definition) is 1. The number of nitrogens with zero attached hydrogens (tertiary/aromatic N) is 3. The quantitative estimate of drug-likeness (QED) is 0.902. The molecule has 1 saturated heterocycles. The maximum atomic E-state index is 12.5. The van der Waals surface area contributed by atoms with Crippen molar-refractivity contribution >= 4 is 23.2 Å². The first-order chi connectivity index (χ1) is 11.4. The minimum atomic E-state index is -0.926. The van der Waals surface area contributed by atoms with Gasteiger partial charge in [0, 0.05) is 29.1 Å². The molecule has 0 bridgehead atoms. The predicted octanol–water partition coefficient (Wildman–Crippen LogP) is 2.76. The van der Waals surface area contributed by atoms with Crippen molar-refractivity contribution in [2.24, 2.45) is 5.92 Å². The standard InChI is InChI=1S/C17H21N3O3S/c1-4-20-11(3)15(10(2)18-20)16-13(17(22)23)8-14(21)19(16)9-12-6-5-7-24-12/h5-7,13,16H,4,8-9H2,1-3H3,(H,22,23)/t13-,16+/m1/s1. The van der Waals surface area contributed by atoms with E-state index in [1.54, 1.807) is 16.2 Å². The second kappa shape index (κ2) is 6.39. The lowest BCUT2D eigenvalue weighted by atomic mass is 9.92. The van der Waals surface area contributed by atoms with Crippen LogP contribution in [0.25, 0.3) is 0 Å². The smallest absolute Gasteiger partial charge is 0.309 e. The summed E-state index contributed by atoms with van der Waals surface area (Å²) in [6.45, 7) is 7.00. The van der Waals surface area contributed by atoms with E-state index < -0.39 is 17.9 Å². The van der Waals surface area contributed by atoms with Crippen LogP contribution in [0.5, 0.6) is 0 Å². The van der Waals surface area contributed by atoms with E-state index in [1.165, 1.54) is 0 Å². The molecule has 0 spiro atoms. The number of amides is 1. The van der Waals surface area contributed by atoms with Gasteiger partial charge >= 0.3 is 5.97 Å². The second-order valence-corrected chi connectivity index (χ2v) is 7.13. The van der Waals surface area contributed by atoms with E-state index in [2.05, 4.69) is 5.10 Å². The van der Waals surface area contributed by atoms with Crippen LogP contribution < -0.4 is 0 Å². The molecule has 0 saturated carbocycles. The molecule has 2 atom stereocenters. The fraction of sp³-hybridized carbons (Fsp3) is 0.471. The van der Waals surface area contributed by atoms with Gasteiger partial charge in [-0.3, -0.25) is 14.3 Å². The number of carboxylic acid groups (broad SMARTS) is 1. The van der Waals surface area contributed by atoms with Gasteiger partial charge < -0.3 is 10.0 Å². The molecule has 1 fully saturated rings. The highest BCUT2D eigenvalue weighted by Crippen LogP contribution is 2.42. The van der Waals surface area contributed by atoms with Crippen LogP contribution in [0.3, 0.4) is 0 Å². The van der Waals surface area contributed by atoms with Gasteiger partial charge in [-0.1, -0.05) is 6.07 Å². The highest BCUT2D eigenvalue weighted by atomic mass is 32.1. The van der Waals surface area contributed by atoms with Crippen molar-refractivity contribution in [3.05, 3.63) is 39.3 Å². The van der Waals surface area contributed by atoms with Gasteiger partial charge in [0.15, 0.2) is 0 Å². The molecule has 1 amide bonds. The minimum Gasteiger partial charge on any atom is -0.481 e. The lowest BCUT2D eigenvalue weighted by molar-refractivity contribution is -0.142. The molecule has 0 unspecified atom stereocenters. The fourth-order valence-electron chi connectivity index (χ4n) is 3.57. The number of hydrogen-bond acceptors (Lipinski definition) is 4. The predicted molar refractivity (Wildman–Crippen MR) is 90.7 cm³/mol. The number of aryl methyl sites for hydroxylation is 2. The molecule has 3 rings (SSSR count). The lowest BCUT2D eigenvalue weighted by Crippen LogP contribution is -2.30.